The van der Waals surface area contributed by atoms with Gasteiger partial charge in [-0.25, -0.2) is 10.8 Å². The number of hydrazine groups is 1. The lowest BCUT2D eigenvalue weighted by molar-refractivity contribution is 0.0958. The molecule has 5 nitrogen and oxygen atoms in total. The summed E-state index contributed by atoms with van der Waals surface area (Å²) in [4.78, 5) is 17.6. The smallest absolute Gasteiger partial charge is 0.277 e. The molecule has 0 bridgehead atoms. The van der Waals surface area contributed by atoms with Crippen molar-refractivity contribution in [3.8, 4) is 0 Å². The van der Waals surface area contributed by atoms with E-state index in [0.29, 0.717) is 10.6 Å². The van der Waals surface area contributed by atoms with Crippen molar-refractivity contribution < 1.29 is 4.79 Å². The van der Waals surface area contributed by atoms with Crippen molar-refractivity contribution in [3.05, 3.63) is 22.2 Å². The highest BCUT2D eigenvalue weighted by atomic mass is 32.2. The first kappa shape index (κ1) is 13.7. The average Bonchev–Trinajstić information content (AvgIpc) is 2.71. The fourth-order valence-corrected chi connectivity index (χ4v) is 4.39. The van der Waals surface area contributed by atoms with Gasteiger partial charge in [0.05, 0.1) is 5.69 Å². The number of hydrogen-bond donors (Lipinski definition) is 3. The van der Waals surface area contributed by atoms with E-state index in [1.165, 1.54) is 16.9 Å². The van der Waals surface area contributed by atoms with Crippen LogP contribution in [-0.4, -0.2) is 15.6 Å². The first-order valence-corrected chi connectivity index (χ1v) is 8.07. The number of rotatable bonds is 1. The molecule has 106 valence electrons. The molecule has 20 heavy (non-hydrogen) atoms. The number of carbonyl (C=O) groups is 1. The summed E-state index contributed by atoms with van der Waals surface area (Å²) in [6.07, 6.45) is 0.930. The normalized spacial score (nSPS) is 16.9. The first-order chi connectivity index (χ1) is 9.41. The Kier molecular flexibility index (Phi) is 3.15. The number of carbonyl (C=O) groups excluding carboxylic acids is 1. The van der Waals surface area contributed by atoms with Crippen molar-refractivity contribution in [2.75, 3.05) is 5.73 Å². The third kappa shape index (κ3) is 2.15. The largest absolute Gasteiger partial charge is 0.397 e. The Labute approximate surface area is 125 Å². The van der Waals surface area contributed by atoms with Gasteiger partial charge in [0.1, 0.15) is 9.71 Å². The van der Waals surface area contributed by atoms with E-state index >= 15 is 0 Å². The monoisotopic (exact) mass is 308 g/mol. The Bertz CT molecular complexity index is 708. The van der Waals surface area contributed by atoms with Crippen LogP contribution >= 0.6 is 23.1 Å². The molecule has 0 spiro atoms. The molecule has 2 aromatic rings. The van der Waals surface area contributed by atoms with Crippen molar-refractivity contribution in [2.24, 2.45) is 5.84 Å². The van der Waals surface area contributed by atoms with E-state index in [-0.39, 0.29) is 10.7 Å². The lowest BCUT2D eigenvalue weighted by Crippen LogP contribution is -2.29. The summed E-state index contributed by atoms with van der Waals surface area (Å²) in [6, 6.07) is 2.07. The Hall–Kier alpha value is -1.31. The average molecular weight is 308 g/mol. The van der Waals surface area contributed by atoms with Gasteiger partial charge in [0.15, 0.2) is 0 Å². The molecule has 0 fully saturated rings. The van der Waals surface area contributed by atoms with Gasteiger partial charge in [-0.3, -0.25) is 10.2 Å². The van der Waals surface area contributed by atoms with Gasteiger partial charge in [-0.1, -0.05) is 13.8 Å². The van der Waals surface area contributed by atoms with Crippen molar-refractivity contribution in [2.45, 2.75) is 30.8 Å². The van der Waals surface area contributed by atoms with Gasteiger partial charge in [0.25, 0.3) is 5.91 Å². The van der Waals surface area contributed by atoms with Crippen LogP contribution in [-0.2, 0) is 12.2 Å². The standard InChI is InChI=1S/C13H16N4OS2/c1-13(2)4-8-6(5-19-13)3-7-9(14)10(11(18)17-15)20-12(7)16-8/h3H,4-5,14-15H2,1-2H3,(H,17,18). The minimum Gasteiger partial charge on any atom is -0.397 e. The van der Waals surface area contributed by atoms with Gasteiger partial charge in [-0.2, -0.15) is 11.8 Å². The van der Waals surface area contributed by atoms with Crippen molar-refractivity contribution in [3.63, 3.8) is 0 Å². The molecule has 2 aromatic heterocycles. The molecule has 0 atom stereocenters. The van der Waals surface area contributed by atoms with Crippen molar-refractivity contribution in [1.82, 2.24) is 10.4 Å². The second-order valence-electron chi connectivity index (χ2n) is 5.49. The van der Waals surface area contributed by atoms with Crippen LogP contribution in [0, 0.1) is 0 Å². The maximum absolute atomic E-state index is 11.7. The minimum absolute atomic E-state index is 0.202. The van der Waals surface area contributed by atoms with Gasteiger partial charge in [0.2, 0.25) is 0 Å². The predicted molar refractivity (Wildman–Crippen MR) is 84.8 cm³/mol. The van der Waals surface area contributed by atoms with Crippen molar-refractivity contribution in [1.29, 1.82) is 0 Å². The van der Waals surface area contributed by atoms with E-state index in [4.69, 9.17) is 16.6 Å². The molecular formula is C13H16N4OS2. The molecule has 1 aliphatic rings. The molecule has 7 heteroatoms. The number of nitrogen functional groups attached to an aromatic ring is 2. The number of nitrogens with two attached hydrogens (primary N) is 2. The van der Waals surface area contributed by atoms with E-state index in [0.717, 1.165) is 28.1 Å². The van der Waals surface area contributed by atoms with E-state index in [1.54, 1.807) is 0 Å². The summed E-state index contributed by atoms with van der Waals surface area (Å²) < 4.78 is 0.202. The number of aromatic nitrogens is 1. The minimum atomic E-state index is -0.363. The van der Waals surface area contributed by atoms with Crippen LogP contribution in [0.3, 0.4) is 0 Å². The summed E-state index contributed by atoms with van der Waals surface area (Å²) >= 11 is 3.21. The Morgan fingerprint density at radius 3 is 2.95 bits per heavy atom. The topological polar surface area (TPSA) is 94.0 Å². The van der Waals surface area contributed by atoms with Gasteiger partial charge in [-0.05, 0) is 11.6 Å². The maximum atomic E-state index is 11.7. The number of fused-ring (bicyclic) bond motifs is 2. The highest BCUT2D eigenvalue weighted by molar-refractivity contribution is 7.99. The summed E-state index contributed by atoms with van der Waals surface area (Å²) in [5, 5.41) is 0.854. The summed E-state index contributed by atoms with van der Waals surface area (Å²) in [6.45, 7) is 4.45. The number of amides is 1. The fourth-order valence-electron chi connectivity index (χ4n) is 2.36. The lowest BCUT2D eigenvalue weighted by Gasteiger charge is -2.29. The molecule has 0 unspecified atom stereocenters. The number of hydrogen-bond acceptors (Lipinski definition) is 6. The SMILES string of the molecule is CC1(C)Cc2nc3sc(C(=O)NN)c(N)c3cc2CS1. The lowest BCUT2D eigenvalue weighted by atomic mass is 10.0. The molecular weight excluding hydrogens is 292 g/mol. The summed E-state index contributed by atoms with van der Waals surface area (Å²) in [5.41, 5.74) is 11.0. The molecule has 0 saturated heterocycles. The number of nitrogens with zero attached hydrogens (tertiary/aromatic N) is 1. The molecule has 3 heterocycles. The van der Waals surface area contributed by atoms with Crippen LogP contribution in [0.5, 0.6) is 0 Å². The predicted octanol–water partition coefficient (Wildman–Crippen LogP) is 2.05. The van der Waals surface area contributed by atoms with Crippen LogP contribution in [0.4, 0.5) is 5.69 Å². The molecule has 1 amide bonds. The Balaban J connectivity index is 2.16. The summed E-state index contributed by atoms with van der Waals surface area (Å²) in [5.74, 6) is 5.75. The van der Waals surface area contributed by atoms with Crippen LogP contribution in [0.25, 0.3) is 10.2 Å². The van der Waals surface area contributed by atoms with Gasteiger partial charge in [-0.15, -0.1) is 11.3 Å². The first-order valence-electron chi connectivity index (χ1n) is 6.27. The number of anilines is 1. The van der Waals surface area contributed by atoms with Gasteiger partial charge >= 0.3 is 0 Å². The number of pyridine rings is 1. The van der Waals surface area contributed by atoms with Crippen LogP contribution in [0.1, 0.15) is 34.8 Å². The zero-order valence-electron chi connectivity index (χ0n) is 11.3. The second kappa shape index (κ2) is 4.61. The molecule has 0 radical (unpaired) electrons. The molecule has 3 rings (SSSR count). The van der Waals surface area contributed by atoms with E-state index in [2.05, 4.69) is 25.3 Å². The third-order valence-corrected chi connectivity index (χ3v) is 5.93. The Morgan fingerprint density at radius 1 is 1.50 bits per heavy atom. The number of thiophene rings is 1. The molecule has 0 aromatic carbocycles. The van der Waals surface area contributed by atoms with Crippen molar-refractivity contribution >= 4 is 44.9 Å². The fraction of sp³-hybridized carbons (Fsp3) is 0.385. The Morgan fingerprint density at radius 2 is 2.25 bits per heavy atom. The van der Waals surface area contributed by atoms with Crippen LogP contribution in [0.2, 0.25) is 0 Å². The number of nitrogens with one attached hydrogen (secondary N) is 1. The molecule has 1 aliphatic heterocycles. The van der Waals surface area contributed by atoms with Gasteiger partial charge < -0.3 is 5.73 Å². The quantitative estimate of drug-likeness (QED) is 0.426. The zero-order chi connectivity index (χ0) is 14.5. The van der Waals surface area contributed by atoms with E-state index in [1.807, 2.05) is 11.8 Å². The summed E-state index contributed by atoms with van der Waals surface area (Å²) in [7, 11) is 0. The highest BCUT2D eigenvalue weighted by Gasteiger charge is 2.28. The number of thioether (sulfide) groups is 1. The van der Waals surface area contributed by atoms with Gasteiger partial charge in [0, 0.05) is 28.0 Å². The van der Waals surface area contributed by atoms with Crippen LogP contribution < -0.4 is 17.0 Å². The molecule has 0 aliphatic carbocycles. The second-order valence-corrected chi connectivity index (χ2v) is 8.17. The van der Waals surface area contributed by atoms with E-state index in [9.17, 15) is 4.79 Å². The van der Waals surface area contributed by atoms with Crippen LogP contribution in [0.15, 0.2) is 6.07 Å². The van der Waals surface area contributed by atoms with E-state index < -0.39 is 0 Å². The zero-order valence-corrected chi connectivity index (χ0v) is 13.0. The third-order valence-electron chi connectivity index (χ3n) is 3.44. The molecule has 0 saturated carbocycles. The maximum Gasteiger partial charge on any atom is 0.277 e. The highest BCUT2D eigenvalue weighted by Crippen LogP contribution is 2.41. The molecule has 5 N–H and O–H groups in total.